The van der Waals surface area contributed by atoms with E-state index >= 15 is 0 Å². The summed E-state index contributed by atoms with van der Waals surface area (Å²) in [7, 11) is 0. The Morgan fingerprint density at radius 3 is 3.00 bits per heavy atom. The Labute approximate surface area is 108 Å². The minimum atomic E-state index is 0.137. The van der Waals surface area contributed by atoms with Crippen molar-refractivity contribution >= 4 is 6.02 Å². The smallest absolute Gasteiger partial charge is 0.282 e. The maximum atomic E-state index is 5.73. The van der Waals surface area contributed by atoms with E-state index in [9.17, 15) is 0 Å². The van der Waals surface area contributed by atoms with E-state index in [1.165, 1.54) is 5.56 Å². The van der Waals surface area contributed by atoms with Gasteiger partial charge in [-0.1, -0.05) is 26.0 Å². The molecule has 0 fully saturated rings. The molecule has 1 aliphatic rings. The number of ether oxygens (including phenoxy) is 2. The van der Waals surface area contributed by atoms with E-state index in [1.54, 1.807) is 0 Å². The zero-order chi connectivity index (χ0) is 13.0. The van der Waals surface area contributed by atoms with Crippen LogP contribution in [0.15, 0.2) is 29.3 Å². The number of rotatable bonds is 5. The molecule has 0 radical (unpaired) electrons. The molecule has 1 aromatic rings. The van der Waals surface area contributed by atoms with Gasteiger partial charge in [-0.25, -0.2) is 4.99 Å². The predicted octanol–water partition coefficient (Wildman–Crippen LogP) is 2.29. The van der Waals surface area contributed by atoms with Gasteiger partial charge in [-0.2, -0.15) is 0 Å². The molecule has 0 bridgehead atoms. The van der Waals surface area contributed by atoms with Gasteiger partial charge >= 0.3 is 0 Å². The number of hydrogen-bond acceptors (Lipinski definition) is 4. The summed E-state index contributed by atoms with van der Waals surface area (Å²) in [4.78, 5) is 4.16. The highest BCUT2D eigenvalue weighted by molar-refractivity contribution is 5.72. The van der Waals surface area contributed by atoms with E-state index in [2.05, 4.69) is 31.0 Å². The third-order valence-electron chi connectivity index (χ3n) is 2.98. The van der Waals surface area contributed by atoms with Crippen LogP contribution in [0.3, 0.4) is 0 Å². The van der Waals surface area contributed by atoms with Gasteiger partial charge in [0.25, 0.3) is 6.02 Å². The Morgan fingerprint density at radius 1 is 1.50 bits per heavy atom. The minimum absolute atomic E-state index is 0.137. The standard InChI is InChI=1S/C14H20N2O2/c1-10(2)11-4-3-5-13(8-11)17-7-6-12-9-18-14(15)16-12/h3-5,8,10,12H,6-7,9H2,1-2H3,(H2,15,16). The van der Waals surface area contributed by atoms with Crippen LogP contribution in [-0.4, -0.2) is 25.3 Å². The Bertz CT molecular complexity index is 430. The first kappa shape index (κ1) is 12.7. The molecule has 0 aromatic heterocycles. The molecule has 1 aliphatic heterocycles. The second-order valence-corrected chi connectivity index (χ2v) is 4.80. The first-order valence-corrected chi connectivity index (χ1v) is 6.34. The molecule has 0 aliphatic carbocycles. The lowest BCUT2D eigenvalue weighted by Gasteiger charge is -2.10. The molecule has 0 saturated heterocycles. The molecule has 1 atom stereocenters. The minimum Gasteiger partial charge on any atom is -0.494 e. The highest BCUT2D eigenvalue weighted by atomic mass is 16.5. The predicted molar refractivity (Wildman–Crippen MR) is 72.0 cm³/mol. The normalized spacial score (nSPS) is 18.6. The molecule has 4 heteroatoms. The second kappa shape index (κ2) is 5.76. The Balaban J connectivity index is 1.81. The summed E-state index contributed by atoms with van der Waals surface area (Å²) in [5.41, 5.74) is 6.74. The third-order valence-corrected chi connectivity index (χ3v) is 2.98. The second-order valence-electron chi connectivity index (χ2n) is 4.80. The lowest BCUT2D eigenvalue weighted by molar-refractivity contribution is 0.263. The summed E-state index contributed by atoms with van der Waals surface area (Å²) in [6.45, 7) is 5.55. The summed E-state index contributed by atoms with van der Waals surface area (Å²) in [5.74, 6) is 1.43. The van der Waals surface area contributed by atoms with E-state index < -0.39 is 0 Å². The van der Waals surface area contributed by atoms with Crippen molar-refractivity contribution in [3.63, 3.8) is 0 Å². The van der Waals surface area contributed by atoms with Crippen LogP contribution in [0.2, 0.25) is 0 Å². The van der Waals surface area contributed by atoms with E-state index in [0.717, 1.165) is 12.2 Å². The van der Waals surface area contributed by atoms with Crippen molar-refractivity contribution < 1.29 is 9.47 Å². The van der Waals surface area contributed by atoms with Crippen molar-refractivity contribution in [2.24, 2.45) is 10.7 Å². The Morgan fingerprint density at radius 2 is 2.33 bits per heavy atom. The van der Waals surface area contributed by atoms with Gasteiger partial charge in [-0.3, -0.25) is 0 Å². The molecule has 4 nitrogen and oxygen atoms in total. The number of benzene rings is 1. The zero-order valence-corrected chi connectivity index (χ0v) is 10.9. The lowest BCUT2D eigenvalue weighted by atomic mass is 10.0. The number of nitrogens with zero attached hydrogens (tertiary/aromatic N) is 1. The van der Waals surface area contributed by atoms with Crippen LogP contribution in [0.4, 0.5) is 0 Å². The zero-order valence-electron chi connectivity index (χ0n) is 10.9. The largest absolute Gasteiger partial charge is 0.494 e. The van der Waals surface area contributed by atoms with E-state index in [0.29, 0.717) is 25.2 Å². The van der Waals surface area contributed by atoms with Crippen LogP contribution in [0.1, 0.15) is 31.7 Å². The molecule has 98 valence electrons. The van der Waals surface area contributed by atoms with Gasteiger partial charge in [0.15, 0.2) is 0 Å². The molecule has 2 N–H and O–H groups in total. The maximum absolute atomic E-state index is 5.73. The molecule has 2 rings (SSSR count). The van der Waals surface area contributed by atoms with Crippen molar-refractivity contribution in [1.29, 1.82) is 0 Å². The summed E-state index contributed by atoms with van der Waals surface area (Å²) >= 11 is 0. The SMILES string of the molecule is CC(C)c1cccc(OCCC2COC(N)=N2)c1. The summed E-state index contributed by atoms with van der Waals surface area (Å²) in [6, 6.07) is 8.65. The molecule has 0 saturated carbocycles. The fourth-order valence-corrected chi connectivity index (χ4v) is 1.86. The number of aliphatic imine (C=N–C) groups is 1. The first-order chi connectivity index (χ1) is 8.65. The molecule has 1 heterocycles. The van der Waals surface area contributed by atoms with Crippen LogP contribution in [0, 0.1) is 0 Å². The van der Waals surface area contributed by atoms with Crippen molar-refractivity contribution in [3.05, 3.63) is 29.8 Å². The van der Waals surface area contributed by atoms with E-state index in [1.807, 2.05) is 12.1 Å². The fraction of sp³-hybridized carbons (Fsp3) is 0.500. The van der Waals surface area contributed by atoms with Gasteiger partial charge < -0.3 is 15.2 Å². The maximum Gasteiger partial charge on any atom is 0.282 e. The van der Waals surface area contributed by atoms with Gasteiger partial charge in [0.05, 0.1) is 12.6 Å². The van der Waals surface area contributed by atoms with Crippen LogP contribution in [-0.2, 0) is 4.74 Å². The van der Waals surface area contributed by atoms with Crippen molar-refractivity contribution in [2.45, 2.75) is 32.2 Å². The number of nitrogens with two attached hydrogens (primary N) is 1. The molecule has 0 spiro atoms. The van der Waals surface area contributed by atoms with Crippen molar-refractivity contribution in [3.8, 4) is 5.75 Å². The van der Waals surface area contributed by atoms with Crippen molar-refractivity contribution in [2.75, 3.05) is 13.2 Å². The topological polar surface area (TPSA) is 56.8 Å². The van der Waals surface area contributed by atoms with Gasteiger partial charge in [-0.05, 0) is 23.6 Å². The first-order valence-electron chi connectivity index (χ1n) is 6.34. The molecule has 1 unspecified atom stereocenters. The van der Waals surface area contributed by atoms with Crippen LogP contribution >= 0.6 is 0 Å². The van der Waals surface area contributed by atoms with Crippen LogP contribution in [0.5, 0.6) is 5.75 Å². The van der Waals surface area contributed by atoms with Crippen molar-refractivity contribution in [1.82, 2.24) is 0 Å². The van der Waals surface area contributed by atoms with Gasteiger partial charge in [0.1, 0.15) is 12.4 Å². The number of hydrogen-bond donors (Lipinski definition) is 1. The number of amidine groups is 1. The molecular weight excluding hydrogens is 228 g/mol. The quantitative estimate of drug-likeness (QED) is 0.869. The van der Waals surface area contributed by atoms with Crippen LogP contribution in [0.25, 0.3) is 0 Å². The Hall–Kier alpha value is -1.71. The fourth-order valence-electron chi connectivity index (χ4n) is 1.86. The Kier molecular flexibility index (Phi) is 4.07. The highest BCUT2D eigenvalue weighted by Crippen LogP contribution is 2.20. The van der Waals surface area contributed by atoms with Gasteiger partial charge in [0, 0.05) is 6.42 Å². The van der Waals surface area contributed by atoms with Gasteiger partial charge in [0.2, 0.25) is 0 Å². The molecule has 0 amide bonds. The summed E-state index contributed by atoms with van der Waals surface area (Å²) < 4.78 is 10.8. The highest BCUT2D eigenvalue weighted by Gasteiger charge is 2.16. The monoisotopic (exact) mass is 248 g/mol. The summed E-state index contributed by atoms with van der Waals surface area (Å²) in [6.07, 6.45) is 0.826. The lowest BCUT2D eigenvalue weighted by Crippen LogP contribution is -2.12. The van der Waals surface area contributed by atoms with E-state index in [-0.39, 0.29) is 6.04 Å². The average molecular weight is 248 g/mol. The third kappa shape index (κ3) is 3.39. The summed E-state index contributed by atoms with van der Waals surface area (Å²) in [5, 5.41) is 0. The van der Waals surface area contributed by atoms with Crippen LogP contribution < -0.4 is 10.5 Å². The molecule has 18 heavy (non-hydrogen) atoms. The van der Waals surface area contributed by atoms with Gasteiger partial charge in [-0.15, -0.1) is 0 Å². The molecule has 1 aromatic carbocycles. The molecular formula is C14H20N2O2. The average Bonchev–Trinajstić information content (AvgIpc) is 2.75. The van der Waals surface area contributed by atoms with E-state index in [4.69, 9.17) is 15.2 Å².